The third-order valence-electron chi connectivity index (χ3n) is 2.39. The van der Waals surface area contributed by atoms with Crippen LogP contribution in [0.1, 0.15) is 19.4 Å². The van der Waals surface area contributed by atoms with Crippen LogP contribution in [0.2, 0.25) is 0 Å². The average Bonchev–Trinajstić information content (AvgIpc) is 2.28. The zero-order valence-corrected chi connectivity index (χ0v) is 9.53. The van der Waals surface area contributed by atoms with E-state index < -0.39 is 5.41 Å². The van der Waals surface area contributed by atoms with Crippen LogP contribution in [0.5, 0.6) is 11.5 Å². The minimum atomic E-state index is -0.526. The van der Waals surface area contributed by atoms with Gasteiger partial charge in [-0.3, -0.25) is 0 Å². The van der Waals surface area contributed by atoms with Crippen LogP contribution in [0.25, 0.3) is 0 Å². The molecule has 0 amide bonds. The molecule has 0 saturated carbocycles. The zero-order chi connectivity index (χ0) is 11.5. The summed E-state index contributed by atoms with van der Waals surface area (Å²) in [7, 11) is 3.18. The Morgan fingerprint density at radius 1 is 1.07 bits per heavy atom. The highest BCUT2D eigenvalue weighted by Crippen LogP contribution is 2.29. The van der Waals surface area contributed by atoms with E-state index in [0.29, 0.717) is 11.5 Å². The Bertz CT molecular complexity index is 334. The van der Waals surface area contributed by atoms with Gasteiger partial charge in [-0.2, -0.15) is 0 Å². The fraction of sp³-hybridized carbons (Fsp3) is 0.417. The second kappa shape index (κ2) is 4.34. The molecule has 0 spiro atoms. The van der Waals surface area contributed by atoms with Crippen LogP contribution in [-0.2, 0) is 10.2 Å². The topological polar surface area (TPSA) is 35.5 Å². The first kappa shape index (κ1) is 11.6. The Labute approximate surface area is 90.0 Å². The van der Waals surface area contributed by atoms with E-state index in [0.717, 1.165) is 11.8 Å². The van der Waals surface area contributed by atoms with Crippen molar-refractivity contribution in [1.82, 2.24) is 0 Å². The maximum absolute atomic E-state index is 10.9. The van der Waals surface area contributed by atoms with Crippen molar-refractivity contribution in [2.45, 2.75) is 19.3 Å². The fourth-order valence-corrected chi connectivity index (χ4v) is 1.25. The van der Waals surface area contributed by atoms with Gasteiger partial charge in [0.25, 0.3) is 0 Å². The number of carbonyl (C=O) groups is 1. The van der Waals surface area contributed by atoms with E-state index in [2.05, 4.69) is 0 Å². The molecular formula is C12H16O3. The molecule has 0 aliphatic carbocycles. The predicted molar refractivity (Wildman–Crippen MR) is 58.6 cm³/mol. The lowest BCUT2D eigenvalue weighted by Gasteiger charge is -2.19. The third kappa shape index (κ3) is 2.49. The number of benzene rings is 1. The largest absolute Gasteiger partial charge is 0.497 e. The van der Waals surface area contributed by atoms with Crippen LogP contribution in [-0.4, -0.2) is 20.5 Å². The van der Waals surface area contributed by atoms with Crippen molar-refractivity contribution < 1.29 is 14.3 Å². The summed E-state index contributed by atoms with van der Waals surface area (Å²) in [4.78, 5) is 10.9. The highest BCUT2D eigenvalue weighted by atomic mass is 16.5. The summed E-state index contributed by atoms with van der Waals surface area (Å²) in [6.45, 7) is 3.71. The molecule has 0 aliphatic heterocycles. The van der Waals surface area contributed by atoms with Crippen molar-refractivity contribution >= 4 is 6.29 Å². The molecule has 0 atom stereocenters. The molecular weight excluding hydrogens is 192 g/mol. The number of rotatable bonds is 4. The van der Waals surface area contributed by atoms with Crippen molar-refractivity contribution in [1.29, 1.82) is 0 Å². The molecule has 0 aromatic heterocycles. The number of ether oxygens (including phenoxy) is 2. The van der Waals surface area contributed by atoms with Crippen LogP contribution < -0.4 is 9.47 Å². The molecule has 0 fully saturated rings. The maximum atomic E-state index is 10.9. The summed E-state index contributed by atoms with van der Waals surface area (Å²) in [5, 5.41) is 0. The normalized spacial score (nSPS) is 10.9. The van der Waals surface area contributed by atoms with E-state index in [1.165, 1.54) is 0 Å². The summed E-state index contributed by atoms with van der Waals surface area (Å²) >= 11 is 0. The smallest absolute Gasteiger partial charge is 0.129 e. The Morgan fingerprint density at radius 2 is 1.53 bits per heavy atom. The first-order valence-corrected chi connectivity index (χ1v) is 4.73. The van der Waals surface area contributed by atoms with Crippen LogP contribution in [0.15, 0.2) is 18.2 Å². The molecule has 1 aromatic rings. The molecule has 0 unspecified atom stereocenters. The van der Waals surface area contributed by atoms with Gasteiger partial charge in [0.05, 0.1) is 14.2 Å². The summed E-state index contributed by atoms with van der Waals surface area (Å²) in [6.07, 6.45) is 0.918. The van der Waals surface area contributed by atoms with Crippen LogP contribution in [0.3, 0.4) is 0 Å². The third-order valence-corrected chi connectivity index (χ3v) is 2.39. The summed E-state index contributed by atoms with van der Waals surface area (Å²) in [5.41, 5.74) is 0.357. The van der Waals surface area contributed by atoms with Crippen molar-refractivity contribution in [3.8, 4) is 11.5 Å². The number of hydrogen-bond donors (Lipinski definition) is 0. The van der Waals surface area contributed by atoms with E-state index in [1.807, 2.05) is 26.0 Å². The summed E-state index contributed by atoms with van der Waals surface area (Å²) < 4.78 is 10.3. The predicted octanol–water partition coefficient (Wildman–Crippen LogP) is 2.18. The van der Waals surface area contributed by atoms with Crippen molar-refractivity contribution in [2.75, 3.05) is 14.2 Å². The van der Waals surface area contributed by atoms with E-state index in [4.69, 9.17) is 9.47 Å². The number of hydrogen-bond acceptors (Lipinski definition) is 3. The Morgan fingerprint density at radius 3 is 1.87 bits per heavy atom. The van der Waals surface area contributed by atoms with Gasteiger partial charge < -0.3 is 14.3 Å². The van der Waals surface area contributed by atoms with Crippen LogP contribution >= 0.6 is 0 Å². The van der Waals surface area contributed by atoms with Gasteiger partial charge in [-0.25, -0.2) is 0 Å². The molecule has 0 saturated heterocycles. The Kier molecular flexibility index (Phi) is 3.35. The van der Waals surface area contributed by atoms with Gasteiger partial charge in [0.1, 0.15) is 17.8 Å². The summed E-state index contributed by atoms with van der Waals surface area (Å²) in [5.74, 6) is 1.39. The first-order valence-electron chi connectivity index (χ1n) is 4.73. The van der Waals surface area contributed by atoms with Gasteiger partial charge in [-0.1, -0.05) is 0 Å². The lowest BCUT2D eigenvalue weighted by atomic mass is 9.86. The summed E-state index contributed by atoms with van der Waals surface area (Å²) in [6, 6.07) is 5.47. The quantitative estimate of drug-likeness (QED) is 0.711. The molecule has 0 heterocycles. The number of methoxy groups -OCH3 is 2. The van der Waals surface area contributed by atoms with Gasteiger partial charge in [0, 0.05) is 11.5 Å². The van der Waals surface area contributed by atoms with Crippen LogP contribution in [0, 0.1) is 0 Å². The maximum Gasteiger partial charge on any atom is 0.129 e. The van der Waals surface area contributed by atoms with E-state index >= 15 is 0 Å². The molecule has 1 rings (SSSR count). The highest BCUT2D eigenvalue weighted by molar-refractivity contribution is 5.68. The van der Waals surface area contributed by atoms with Gasteiger partial charge in [-0.05, 0) is 31.5 Å². The number of carbonyl (C=O) groups excluding carboxylic acids is 1. The molecule has 15 heavy (non-hydrogen) atoms. The molecule has 82 valence electrons. The van der Waals surface area contributed by atoms with Crippen molar-refractivity contribution in [2.24, 2.45) is 0 Å². The van der Waals surface area contributed by atoms with Crippen LogP contribution in [0.4, 0.5) is 0 Å². The minimum Gasteiger partial charge on any atom is -0.497 e. The Balaban J connectivity index is 3.23. The van der Waals surface area contributed by atoms with Gasteiger partial charge in [0.15, 0.2) is 0 Å². The minimum absolute atomic E-state index is 0.526. The molecule has 0 aliphatic rings. The molecule has 0 bridgehead atoms. The molecule has 3 nitrogen and oxygen atoms in total. The van der Waals surface area contributed by atoms with Gasteiger partial charge in [0.2, 0.25) is 0 Å². The van der Waals surface area contributed by atoms with E-state index in [9.17, 15) is 4.79 Å². The van der Waals surface area contributed by atoms with Gasteiger partial charge >= 0.3 is 0 Å². The van der Waals surface area contributed by atoms with E-state index in [-0.39, 0.29) is 0 Å². The molecule has 0 N–H and O–H groups in total. The monoisotopic (exact) mass is 208 g/mol. The second-order valence-corrected chi connectivity index (χ2v) is 3.94. The molecule has 0 radical (unpaired) electrons. The molecule has 1 aromatic carbocycles. The number of aldehydes is 1. The second-order valence-electron chi connectivity index (χ2n) is 3.94. The fourth-order valence-electron chi connectivity index (χ4n) is 1.25. The average molecular weight is 208 g/mol. The van der Waals surface area contributed by atoms with Crippen molar-refractivity contribution in [3.05, 3.63) is 23.8 Å². The lowest BCUT2D eigenvalue weighted by molar-refractivity contribution is -0.111. The molecule has 3 heteroatoms. The standard InChI is InChI=1S/C12H16O3/c1-12(2,8-13)9-5-10(14-3)7-11(6-9)15-4/h5-8H,1-4H3. The van der Waals surface area contributed by atoms with Crippen molar-refractivity contribution in [3.63, 3.8) is 0 Å². The lowest BCUT2D eigenvalue weighted by Crippen LogP contribution is -2.18. The SMILES string of the molecule is COc1cc(OC)cc(C(C)(C)C=O)c1. The van der Waals surface area contributed by atoms with Gasteiger partial charge in [-0.15, -0.1) is 0 Å². The zero-order valence-electron chi connectivity index (χ0n) is 9.53. The highest BCUT2D eigenvalue weighted by Gasteiger charge is 2.21. The van der Waals surface area contributed by atoms with E-state index in [1.54, 1.807) is 20.3 Å². The first-order chi connectivity index (χ1) is 7.03. The Hall–Kier alpha value is -1.51.